The minimum Gasteiger partial charge on any atom is -0.326 e. The van der Waals surface area contributed by atoms with E-state index in [2.05, 4.69) is 17.2 Å². The van der Waals surface area contributed by atoms with Crippen LogP contribution in [0.25, 0.3) is 0 Å². The second-order valence-corrected chi connectivity index (χ2v) is 5.17. The van der Waals surface area contributed by atoms with Crippen LogP contribution in [0.4, 0.5) is 0 Å². The molecule has 0 atom stereocenters. The van der Waals surface area contributed by atoms with Crippen molar-refractivity contribution in [1.29, 1.82) is 0 Å². The van der Waals surface area contributed by atoms with Gasteiger partial charge in [-0.05, 0) is 48.9 Å². The van der Waals surface area contributed by atoms with Gasteiger partial charge in [-0.3, -0.25) is 4.90 Å². The van der Waals surface area contributed by atoms with Crippen LogP contribution in [0.15, 0.2) is 5.38 Å². The van der Waals surface area contributed by atoms with Crippen molar-refractivity contribution in [3.05, 3.63) is 21.4 Å². The van der Waals surface area contributed by atoms with Gasteiger partial charge in [0.25, 0.3) is 0 Å². The topological polar surface area (TPSA) is 29.3 Å². The van der Waals surface area contributed by atoms with Gasteiger partial charge >= 0.3 is 0 Å². The fourth-order valence-electron chi connectivity index (χ4n) is 2.37. The van der Waals surface area contributed by atoms with Gasteiger partial charge in [0.1, 0.15) is 0 Å². The second-order valence-electron chi connectivity index (χ2n) is 4.20. The average molecular weight is 224 g/mol. The molecule has 2 nitrogen and oxygen atoms in total. The molecule has 1 fully saturated rings. The molecule has 0 unspecified atom stereocenters. The van der Waals surface area contributed by atoms with Gasteiger partial charge in [-0.1, -0.05) is 6.92 Å². The van der Waals surface area contributed by atoms with E-state index in [1.807, 2.05) is 11.3 Å². The van der Waals surface area contributed by atoms with E-state index in [1.54, 1.807) is 0 Å². The number of likely N-dealkylation sites (tertiary alicyclic amines) is 1. The van der Waals surface area contributed by atoms with Crippen LogP contribution < -0.4 is 5.73 Å². The average Bonchev–Trinajstić information content (AvgIpc) is 2.87. The molecule has 0 spiro atoms. The highest BCUT2D eigenvalue weighted by atomic mass is 32.1. The summed E-state index contributed by atoms with van der Waals surface area (Å²) in [5.74, 6) is 0. The maximum Gasteiger partial charge on any atom is 0.0276 e. The van der Waals surface area contributed by atoms with E-state index in [1.165, 1.54) is 41.9 Å². The number of hydrogen-bond acceptors (Lipinski definition) is 3. The number of nitrogens with two attached hydrogens (primary N) is 1. The van der Waals surface area contributed by atoms with Gasteiger partial charge in [-0.25, -0.2) is 0 Å². The lowest BCUT2D eigenvalue weighted by atomic mass is 10.1. The van der Waals surface area contributed by atoms with Crippen LogP contribution >= 0.6 is 11.3 Å². The van der Waals surface area contributed by atoms with Crippen molar-refractivity contribution in [2.45, 2.75) is 39.3 Å². The van der Waals surface area contributed by atoms with Crippen LogP contribution in [0.1, 0.15) is 35.8 Å². The quantitative estimate of drug-likeness (QED) is 0.850. The van der Waals surface area contributed by atoms with Gasteiger partial charge < -0.3 is 5.73 Å². The first-order chi connectivity index (χ1) is 7.35. The molecule has 2 rings (SSSR count). The molecule has 1 aromatic rings. The van der Waals surface area contributed by atoms with E-state index in [-0.39, 0.29) is 0 Å². The molecule has 0 radical (unpaired) electrons. The Balaban J connectivity index is 2.09. The molecule has 3 heteroatoms. The Morgan fingerprint density at radius 3 is 2.73 bits per heavy atom. The predicted octanol–water partition coefficient (Wildman–Crippen LogP) is 2.37. The summed E-state index contributed by atoms with van der Waals surface area (Å²) in [6.07, 6.45) is 3.86. The Morgan fingerprint density at radius 1 is 1.40 bits per heavy atom. The Kier molecular flexibility index (Phi) is 3.78. The van der Waals surface area contributed by atoms with E-state index >= 15 is 0 Å². The van der Waals surface area contributed by atoms with Crippen LogP contribution in [0.5, 0.6) is 0 Å². The summed E-state index contributed by atoms with van der Waals surface area (Å²) < 4.78 is 0. The van der Waals surface area contributed by atoms with Crippen molar-refractivity contribution < 1.29 is 0 Å². The predicted molar refractivity (Wildman–Crippen MR) is 66.1 cm³/mol. The number of nitrogens with zero attached hydrogens (tertiary/aromatic N) is 1. The van der Waals surface area contributed by atoms with Crippen molar-refractivity contribution >= 4 is 11.3 Å². The van der Waals surface area contributed by atoms with Gasteiger partial charge in [-0.15, -0.1) is 11.3 Å². The summed E-state index contributed by atoms with van der Waals surface area (Å²) in [5, 5.41) is 2.30. The largest absolute Gasteiger partial charge is 0.326 e. The molecule has 0 aromatic carbocycles. The van der Waals surface area contributed by atoms with E-state index in [4.69, 9.17) is 5.73 Å². The maximum absolute atomic E-state index is 5.74. The first-order valence-electron chi connectivity index (χ1n) is 5.85. The van der Waals surface area contributed by atoms with Crippen molar-refractivity contribution in [1.82, 2.24) is 4.90 Å². The molecule has 1 aromatic heterocycles. The Labute approximate surface area is 96.1 Å². The lowest BCUT2D eigenvalue weighted by Gasteiger charge is -2.14. The van der Waals surface area contributed by atoms with Crippen LogP contribution in [0.2, 0.25) is 0 Å². The summed E-state index contributed by atoms with van der Waals surface area (Å²) in [6, 6.07) is 0. The third kappa shape index (κ3) is 2.41. The number of hydrogen-bond donors (Lipinski definition) is 1. The number of rotatable bonds is 4. The highest BCUT2D eigenvalue weighted by Crippen LogP contribution is 2.25. The van der Waals surface area contributed by atoms with Crippen LogP contribution in [0, 0.1) is 0 Å². The monoisotopic (exact) mass is 224 g/mol. The minimum absolute atomic E-state index is 0.702. The van der Waals surface area contributed by atoms with E-state index < -0.39 is 0 Å². The lowest BCUT2D eigenvalue weighted by molar-refractivity contribution is 0.331. The minimum atomic E-state index is 0.702. The van der Waals surface area contributed by atoms with Gasteiger partial charge in [-0.2, -0.15) is 0 Å². The molecule has 0 aliphatic carbocycles. The fraction of sp³-hybridized carbons (Fsp3) is 0.667. The lowest BCUT2D eigenvalue weighted by Crippen LogP contribution is -2.18. The zero-order valence-electron chi connectivity index (χ0n) is 9.46. The first-order valence-corrected chi connectivity index (χ1v) is 6.73. The van der Waals surface area contributed by atoms with Crippen LogP contribution in [-0.2, 0) is 19.5 Å². The highest BCUT2D eigenvalue weighted by molar-refractivity contribution is 7.10. The summed E-state index contributed by atoms with van der Waals surface area (Å²) in [5.41, 5.74) is 8.77. The first kappa shape index (κ1) is 11.1. The summed E-state index contributed by atoms with van der Waals surface area (Å²) >= 11 is 1.83. The SMILES string of the molecule is CCc1c(CN2CCCC2)csc1CN. The van der Waals surface area contributed by atoms with Crippen molar-refractivity contribution in [3.8, 4) is 0 Å². The molecule has 0 saturated carbocycles. The molecule has 1 aliphatic heterocycles. The second kappa shape index (κ2) is 5.10. The zero-order chi connectivity index (χ0) is 10.7. The third-order valence-electron chi connectivity index (χ3n) is 3.20. The van der Waals surface area contributed by atoms with Crippen molar-refractivity contribution in [3.63, 3.8) is 0 Å². The molecule has 0 amide bonds. The fourth-order valence-corrected chi connectivity index (χ4v) is 3.39. The summed E-state index contributed by atoms with van der Waals surface area (Å²) in [4.78, 5) is 3.94. The van der Waals surface area contributed by atoms with Gasteiger partial charge in [0.15, 0.2) is 0 Å². The molecule has 2 heterocycles. The van der Waals surface area contributed by atoms with Gasteiger partial charge in [0, 0.05) is 18.0 Å². The van der Waals surface area contributed by atoms with E-state index in [0.717, 1.165) is 13.0 Å². The molecule has 15 heavy (non-hydrogen) atoms. The van der Waals surface area contributed by atoms with Crippen molar-refractivity contribution in [2.75, 3.05) is 13.1 Å². The standard InChI is InChI=1S/C12H20N2S/c1-2-11-10(9-15-12(11)7-13)8-14-5-3-4-6-14/h9H,2-8,13H2,1H3. The van der Waals surface area contributed by atoms with E-state index in [9.17, 15) is 0 Å². The highest BCUT2D eigenvalue weighted by Gasteiger charge is 2.15. The van der Waals surface area contributed by atoms with Crippen molar-refractivity contribution in [2.24, 2.45) is 5.73 Å². The normalized spacial score (nSPS) is 17.5. The molecule has 1 saturated heterocycles. The van der Waals surface area contributed by atoms with Crippen LogP contribution in [0.3, 0.4) is 0 Å². The smallest absolute Gasteiger partial charge is 0.0276 e. The Morgan fingerprint density at radius 2 is 2.13 bits per heavy atom. The van der Waals surface area contributed by atoms with Gasteiger partial charge in [0.05, 0.1) is 0 Å². The molecule has 0 bridgehead atoms. The maximum atomic E-state index is 5.74. The molecule has 2 N–H and O–H groups in total. The summed E-state index contributed by atoms with van der Waals surface area (Å²) in [7, 11) is 0. The molecular weight excluding hydrogens is 204 g/mol. The summed E-state index contributed by atoms with van der Waals surface area (Å²) in [6.45, 7) is 6.62. The third-order valence-corrected chi connectivity index (χ3v) is 4.30. The number of thiophene rings is 1. The molecule has 1 aliphatic rings. The van der Waals surface area contributed by atoms with Gasteiger partial charge in [0.2, 0.25) is 0 Å². The van der Waals surface area contributed by atoms with E-state index in [0.29, 0.717) is 6.54 Å². The van der Waals surface area contributed by atoms with Crippen LogP contribution in [-0.4, -0.2) is 18.0 Å². The Hall–Kier alpha value is -0.380. The molecular formula is C12H20N2S. The Bertz CT molecular complexity index is 313. The molecule has 84 valence electrons. The zero-order valence-corrected chi connectivity index (χ0v) is 10.3.